The molecule has 0 aliphatic carbocycles. The van der Waals surface area contributed by atoms with E-state index >= 15 is 0 Å². The minimum Gasteiger partial charge on any atom is -0.346 e. The van der Waals surface area contributed by atoms with Gasteiger partial charge >= 0.3 is 0 Å². The van der Waals surface area contributed by atoms with Gasteiger partial charge in [-0.2, -0.15) is 0 Å². The minimum atomic E-state index is -0.277. The maximum Gasteiger partial charge on any atom is 0.243 e. The highest BCUT2D eigenvalue weighted by molar-refractivity contribution is 5.87. The van der Waals surface area contributed by atoms with Crippen LogP contribution in [0.2, 0.25) is 0 Å². The number of hydrogen-bond donors (Lipinski definition) is 1. The topological polar surface area (TPSA) is 29.1 Å². The van der Waals surface area contributed by atoms with Crippen LogP contribution >= 0.6 is 0 Å². The van der Waals surface area contributed by atoms with Crippen LogP contribution in [0.25, 0.3) is 0 Å². The largest absolute Gasteiger partial charge is 0.346 e. The highest BCUT2D eigenvalue weighted by atomic mass is 19.1. The molecule has 0 spiro atoms. The van der Waals surface area contributed by atoms with Crippen LogP contribution in [0.5, 0.6) is 0 Å². The molecule has 1 N–H and O–H groups in total. The quantitative estimate of drug-likeness (QED) is 0.778. The maximum absolute atomic E-state index is 12.8. The molecule has 0 saturated heterocycles. The molecule has 0 bridgehead atoms. The third-order valence-corrected chi connectivity index (χ3v) is 2.38. The van der Waals surface area contributed by atoms with Crippen molar-refractivity contribution in [2.24, 2.45) is 5.92 Å². The zero-order valence-corrected chi connectivity index (χ0v) is 9.53. The van der Waals surface area contributed by atoms with Crippen molar-refractivity contribution < 1.29 is 9.18 Å². The van der Waals surface area contributed by atoms with Crippen LogP contribution in [0.4, 0.5) is 4.39 Å². The number of nitrogens with one attached hydrogen (secondary N) is 1. The summed E-state index contributed by atoms with van der Waals surface area (Å²) in [7, 11) is 0. The zero-order chi connectivity index (χ0) is 12.1. The highest BCUT2D eigenvalue weighted by Crippen LogP contribution is 2.21. The van der Waals surface area contributed by atoms with E-state index in [9.17, 15) is 9.18 Å². The Morgan fingerprint density at radius 1 is 1.38 bits per heavy atom. The monoisotopic (exact) mass is 221 g/mol. The number of benzene rings is 1. The van der Waals surface area contributed by atoms with Crippen LogP contribution in [0.1, 0.15) is 25.5 Å². The minimum absolute atomic E-state index is 0.119. The molecule has 0 radical (unpaired) electrons. The molecular formula is C13H16FNO. The average Bonchev–Trinajstić information content (AvgIpc) is 2.26. The predicted molar refractivity (Wildman–Crippen MR) is 62.3 cm³/mol. The Balaban J connectivity index is 2.89. The van der Waals surface area contributed by atoms with E-state index in [4.69, 9.17) is 0 Å². The van der Waals surface area contributed by atoms with E-state index in [2.05, 4.69) is 11.9 Å². The molecule has 3 heteroatoms. The Labute approximate surface area is 95.2 Å². The summed E-state index contributed by atoms with van der Waals surface area (Å²) >= 11 is 0. The van der Waals surface area contributed by atoms with Crippen molar-refractivity contribution in [1.29, 1.82) is 0 Å². The van der Waals surface area contributed by atoms with Gasteiger partial charge in [-0.25, -0.2) is 4.39 Å². The summed E-state index contributed by atoms with van der Waals surface area (Å²) in [4.78, 5) is 11.3. The van der Waals surface area contributed by atoms with Crippen molar-refractivity contribution in [3.8, 4) is 0 Å². The van der Waals surface area contributed by atoms with Crippen molar-refractivity contribution in [3.63, 3.8) is 0 Å². The molecule has 1 unspecified atom stereocenters. The second-order valence-electron chi connectivity index (χ2n) is 3.99. The van der Waals surface area contributed by atoms with Crippen LogP contribution in [0.15, 0.2) is 36.9 Å². The summed E-state index contributed by atoms with van der Waals surface area (Å²) in [6, 6.07) is 6.04. The number of rotatable bonds is 4. The fourth-order valence-electron chi connectivity index (χ4n) is 1.52. The molecule has 0 aromatic heterocycles. The molecule has 16 heavy (non-hydrogen) atoms. The zero-order valence-electron chi connectivity index (χ0n) is 9.53. The molecule has 86 valence electrons. The van der Waals surface area contributed by atoms with Gasteiger partial charge in [0, 0.05) is 0 Å². The van der Waals surface area contributed by atoms with Crippen LogP contribution in [-0.2, 0) is 4.79 Å². The first-order valence-electron chi connectivity index (χ1n) is 5.23. The SMILES string of the molecule is C=CC(=O)NC(c1ccc(F)cc1)C(C)C. The van der Waals surface area contributed by atoms with Crippen molar-refractivity contribution in [2.75, 3.05) is 0 Å². The Kier molecular flexibility index (Phi) is 4.23. The molecule has 0 saturated carbocycles. The molecule has 0 aliphatic rings. The van der Waals surface area contributed by atoms with Gasteiger partial charge in [0.25, 0.3) is 0 Å². The van der Waals surface area contributed by atoms with Crippen LogP contribution in [-0.4, -0.2) is 5.91 Å². The molecule has 1 amide bonds. The van der Waals surface area contributed by atoms with Gasteiger partial charge in [-0.05, 0) is 29.7 Å². The lowest BCUT2D eigenvalue weighted by Crippen LogP contribution is -2.30. The summed E-state index contributed by atoms with van der Waals surface area (Å²) in [5, 5.41) is 2.82. The van der Waals surface area contributed by atoms with Crippen LogP contribution in [0.3, 0.4) is 0 Å². The number of carbonyl (C=O) groups is 1. The summed E-state index contributed by atoms with van der Waals surface area (Å²) in [5.74, 6) is -0.265. The second-order valence-corrected chi connectivity index (χ2v) is 3.99. The Morgan fingerprint density at radius 3 is 2.38 bits per heavy atom. The summed E-state index contributed by atoms with van der Waals surface area (Å²) in [5.41, 5.74) is 0.895. The van der Waals surface area contributed by atoms with E-state index in [0.29, 0.717) is 0 Å². The van der Waals surface area contributed by atoms with Gasteiger partial charge in [0.1, 0.15) is 5.82 Å². The lowest BCUT2D eigenvalue weighted by atomic mass is 9.96. The second kappa shape index (κ2) is 5.45. The van der Waals surface area contributed by atoms with E-state index in [-0.39, 0.29) is 23.7 Å². The Morgan fingerprint density at radius 2 is 1.94 bits per heavy atom. The van der Waals surface area contributed by atoms with Gasteiger partial charge in [-0.15, -0.1) is 0 Å². The normalized spacial score (nSPS) is 12.2. The smallest absolute Gasteiger partial charge is 0.243 e. The predicted octanol–water partition coefficient (Wildman–Crippen LogP) is 2.83. The van der Waals surface area contributed by atoms with Gasteiger partial charge in [-0.3, -0.25) is 4.79 Å². The lowest BCUT2D eigenvalue weighted by molar-refractivity contribution is -0.117. The standard InChI is InChI=1S/C13H16FNO/c1-4-12(16)15-13(9(2)3)10-5-7-11(14)8-6-10/h4-9,13H,1H2,2-3H3,(H,15,16). The lowest BCUT2D eigenvalue weighted by Gasteiger charge is -2.22. The first-order chi connectivity index (χ1) is 7.54. The van der Waals surface area contributed by atoms with E-state index in [1.807, 2.05) is 13.8 Å². The third-order valence-electron chi connectivity index (χ3n) is 2.38. The Hall–Kier alpha value is -1.64. The van der Waals surface area contributed by atoms with Gasteiger partial charge in [0.05, 0.1) is 6.04 Å². The molecule has 1 aromatic rings. The molecule has 1 rings (SSSR count). The summed E-state index contributed by atoms with van der Waals surface area (Å²) in [6.07, 6.45) is 1.24. The van der Waals surface area contributed by atoms with Crippen molar-refractivity contribution in [1.82, 2.24) is 5.32 Å². The Bertz CT molecular complexity index is 370. The van der Waals surface area contributed by atoms with Crippen molar-refractivity contribution in [3.05, 3.63) is 48.3 Å². The number of halogens is 1. The van der Waals surface area contributed by atoms with Crippen molar-refractivity contribution >= 4 is 5.91 Å². The van der Waals surface area contributed by atoms with Crippen molar-refractivity contribution in [2.45, 2.75) is 19.9 Å². The first kappa shape index (κ1) is 12.4. The molecule has 0 aliphatic heterocycles. The number of amides is 1. The summed E-state index contributed by atoms with van der Waals surface area (Å²) < 4.78 is 12.8. The van der Waals surface area contributed by atoms with E-state index in [0.717, 1.165) is 5.56 Å². The van der Waals surface area contributed by atoms with E-state index in [1.54, 1.807) is 12.1 Å². The number of carbonyl (C=O) groups excluding carboxylic acids is 1. The maximum atomic E-state index is 12.8. The van der Waals surface area contributed by atoms with E-state index in [1.165, 1.54) is 18.2 Å². The molecule has 2 nitrogen and oxygen atoms in total. The highest BCUT2D eigenvalue weighted by Gasteiger charge is 2.16. The van der Waals surface area contributed by atoms with Gasteiger partial charge in [0.2, 0.25) is 5.91 Å². The molecule has 1 aromatic carbocycles. The number of hydrogen-bond acceptors (Lipinski definition) is 1. The van der Waals surface area contributed by atoms with Gasteiger partial charge in [-0.1, -0.05) is 32.6 Å². The first-order valence-corrected chi connectivity index (χ1v) is 5.23. The molecule has 1 atom stereocenters. The fourth-order valence-corrected chi connectivity index (χ4v) is 1.52. The fraction of sp³-hybridized carbons (Fsp3) is 0.308. The van der Waals surface area contributed by atoms with E-state index < -0.39 is 0 Å². The van der Waals surface area contributed by atoms with Gasteiger partial charge < -0.3 is 5.32 Å². The average molecular weight is 221 g/mol. The van der Waals surface area contributed by atoms with Gasteiger partial charge in [0.15, 0.2) is 0 Å². The third kappa shape index (κ3) is 3.19. The molecule has 0 heterocycles. The summed E-state index contributed by atoms with van der Waals surface area (Å²) in [6.45, 7) is 7.40. The molecule has 0 fully saturated rings. The van der Waals surface area contributed by atoms with Crippen LogP contribution < -0.4 is 5.32 Å². The molecular weight excluding hydrogens is 205 g/mol. The van der Waals surface area contributed by atoms with Crippen LogP contribution in [0, 0.1) is 11.7 Å².